The van der Waals surface area contributed by atoms with Crippen molar-refractivity contribution in [3.8, 4) is 5.75 Å². The van der Waals surface area contributed by atoms with Gasteiger partial charge in [-0.15, -0.1) is 0 Å². The van der Waals surface area contributed by atoms with Crippen LogP contribution < -0.4 is 15.4 Å². The second-order valence-corrected chi connectivity index (χ2v) is 8.91. The molecule has 2 aromatic carbocycles. The zero-order valence-corrected chi connectivity index (χ0v) is 18.1. The largest absolute Gasteiger partial charge is 0.497 e. The first-order valence-corrected chi connectivity index (χ1v) is 11.1. The van der Waals surface area contributed by atoms with E-state index in [9.17, 15) is 14.4 Å². The first-order chi connectivity index (χ1) is 15.5. The summed E-state index contributed by atoms with van der Waals surface area (Å²) < 4.78 is 5.32. The first kappa shape index (κ1) is 20.5. The molecule has 5 rings (SSSR count). The molecule has 3 atom stereocenters. The Bertz CT molecular complexity index is 1070. The SMILES string of the molecule is COc1ccc([C@H]2N(C(=O)[C@H]3CC(=O)Nc4ccccc43)CCC[C@]23CCC(=O)N3)cc1. The number of likely N-dealkylation sites (tertiary alicyclic amines) is 1. The molecular weight excluding hydrogens is 406 g/mol. The van der Waals surface area contributed by atoms with Gasteiger partial charge in [0.25, 0.3) is 0 Å². The van der Waals surface area contributed by atoms with E-state index in [1.54, 1.807) is 7.11 Å². The predicted molar refractivity (Wildman–Crippen MR) is 119 cm³/mol. The maximum absolute atomic E-state index is 14.0. The molecule has 3 amide bonds. The molecular formula is C25H27N3O4. The molecule has 7 nitrogen and oxygen atoms in total. The molecule has 0 aromatic heterocycles. The van der Waals surface area contributed by atoms with Crippen molar-refractivity contribution >= 4 is 23.4 Å². The molecule has 3 heterocycles. The number of fused-ring (bicyclic) bond motifs is 1. The lowest BCUT2D eigenvalue weighted by Gasteiger charge is -2.49. The van der Waals surface area contributed by atoms with Gasteiger partial charge in [0, 0.05) is 25.1 Å². The molecule has 1 spiro atoms. The third-order valence-electron chi connectivity index (χ3n) is 7.06. The lowest BCUT2D eigenvalue weighted by Crippen LogP contribution is -2.59. The lowest BCUT2D eigenvalue weighted by atomic mass is 9.75. The average molecular weight is 434 g/mol. The fraction of sp³-hybridized carbons (Fsp3) is 0.400. The van der Waals surface area contributed by atoms with Crippen molar-refractivity contribution < 1.29 is 19.1 Å². The smallest absolute Gasteiger partial charge is 0.231 e. The Balaban J connectivity index is 1.56. The van der Waals surface area contributed by atoms with Crippen LogP contribution in [0.5, 0.6) is 5.75 Å². The Labute approximate surface area is 187 Å². The van der Waals surface area contributed by atoms with E-state index in [4.69, 9.17) is 4.74 Å². The molecule has 0 saturated carbocycles. The highest BCUT2D eigenvalue weighted by molar-refractivity contribution is 6.01. The van der Waals surface area contributed by atoms with Gasteiger partial charge in [0.1, 0.15) is 5.75 Å². The van der Waals surface area contributed by atoms with E-state index in [1.165, 1.54) is 0 Å². The van der Waals surface area contributed by atoms with Gasteiger partial charge in [-0.3, -0.25) is 14.4 Å². The van der Waals surface area contributed by atoms with Gasteiger partial charge < -0.3 is 20.3 Å². The molecule has 0 aliphatic carbocycles. The van der Waals surface area contributed by atoms with Crippen molar-refractivity contribution in [2.75, 3.05) is 19.0 Å². The predicted octanol–water partition coefficient (Wildman–Crippen LogP) is 3.13. The van der Waals surface area contributed by atoms with E-state index in [1.807, 2.05) is 53.4 Å². The number of hydrogen-bond donors (Lipinski definition) is 2. The Morgan fingerprint density at radius 1 is 1.06 bits per heavy atom. The highest BCUT2D eigenvalue weighted by atomic mass is 16.5. The highest BCUT2D eigenvalue weighted by Crippen LogP contribution is 2.46. The van der Waals surface area contributed by atoms with Crippen LogP contribution in [0.4, 0.5) is 5.69 Å². The number of para-hydroxylation sites is 1. The van der Waals surface area contributed by atoms with E-state index in [0.717, 1.165) is 29.7 Å². The lowest BCUT2D eigenvalue weighted by molar-refractivity contribution is -0.141. The molecule has 166 valence electrons. The van der Waals surface area contributed by atoms with Crippen molar-refractivity contribution in [3.63, 3.8) is 0 Å². The van der Waals surface area contributed by atoms with E-state index in [2.05, 4.69) is 10.6 Å². The van der Waals surface area contributed by atoms with Gasteiger partial charge in [-0.1, -0.05) is 30.3 Å². The number of anilines is 1. The number of rotatable bonds is 3. The van der Waals surface area contributed by atoms with Gasteiger partial charge in [0.15, 0.2) is 0 Å². The van der Waals surface area contributed by atoms with Crippen molar-refractivity contribution in [1.82, 2.24) is 10.2 Å². The Morgan fingerprint density at radius 3 is 2.56 bits per heavy atom. The van der Waals surface area contributed by atoms with E-state index in [0.29, 0.717) is 25.1 Å². The van der Waals surface area contributed by atoms with Gasteiger partial charge in [0.2, 0.25) is 17.7 Å². The van der Waals surface area contributed by atoms with Crippen LogP contribution in [-0.2, 0) is 14.4 Å². The van der Waals surface area contributed by atoms with Gasteiger partial charge in [-0.25, -0.2) is 0 Å². The van der Waals surface area contributed by atoms with Crippen LogP contribution in [-0.4, -0.2) is 41.8 Å². The molecule has 32 heavy (non-hydrogen) atoms. The fourth-order valence-corrected chi connectivity index (χ4v) is 5.62. The third-order valence-corrected chi connectivity index (χ3v) is 7.06. The second-order valence-electron chi connectivity index (χ2n) is 8.91. The van der Waals surface area contributed by atoms with Crippen molar-refractivity contribution in [1.29, 1.82) is 0 Å². The number of amides is 3. The molecule has 7 heteroatoms. The van der Waals surface area contributed by atoms with Crippen LogP contribution in [0.25, 0.3) is 0 Å². The van der Waals surface area contributed by atoms with Crippen LogP contribution >= 0.6 is 0 Å². The van der Waals surface area contributed by atoms with Crippen LogP contribution in [0.2, 0.25) is 0 Å². The highest BCUT2D eigenvalue weighted by Gasteiger charge is 2.51. The maximum Gasteiger partial charge on any atom is 0.231 e. The molecule has 0 unspecified atom stereocenters. The van der Waals surface area contributed by atoms with E-state index >= 15 is 0 Å². The summed E-state index contributed by atoms with van der Waals surface area (Å²) in [6.07, 6.45) is 2.90. The normalized spacial score (nSPS) is 27.0. The monoisotopic (exact) mass is 433 g/mol. The standard InChI is InChI=1S/C25H27N3O4/c1-32-17-9-7-16(8-10-17)23-25(13-11-21(29)27-25)12-4-14-28(23)24(31)19-15-22(30)26-20-6-3-2-5-18(19)20/h2-3,5-10,19,23H,4,11-15H2,1H3,(H,26,30)(H,27,29)/t19-,23+,25-/m0/s1. The molecule has 2 aromatic rings. The molecule has 0 radical (unpaired) electrons. The molecule has 2 saturated heterocycles. The van der Waals surface area contributed by atoms with Crippen LogP contribution in [0, 0.1) is 0 Å². The quantitative estimate of drug-likeness (QED) is 0.779. The summed E-state index contributed by atoms with van der Waals surface area (Å²) in [5.74, 6) is 0.0234. The van der Waals surface area contributed by atoms with Crippen molar-refractivity contribution in [2.45, 2.75) is 49.6 Å². The van der Waals surface area contributed by atoms with Gasteiger partial charge in [-0.2, -0.15) is 0 Å². The summed E-state index contributed by atoms with van der Waals surface area (Å²) in [6.45, 7) is 0.591. The van der Waals surface area contributed by atoms with Crippen LogP contribution in [0.3, 0.4) is 0 Å². The van der Waals surface area contributed by atoms with Crippen molar-refractivity contribution in [3.05, 3.63) is 59.7 Å². The number of methoxy groups -OCH3 is 1. The van der Waals surface area contributed by atoms with Gasteiger partial charge in [-0.05, 0) is 48.6 Å². The Hall–Kier alpha value is -3.35. The summed E-state index contributed by atoms with van der Waals surface area (Å²) in [7, 11) is 1.62. The zero-order chi connectivity index (χ0) is 22.3. The molecule has 2 N–H and O–H groups in total. The summed E-state index contributed by atoms with van der Waals surface area (Å²) in [4.78, 5) is 40.6. The molecule has 3 aliphatic rings. The minimum Gasteiger partial charge on any atom is -0.497 e. The summed E-state index contributed by atoms with van der Waals surface area (Å²) >= 11 is 0. The number of carbonyl (C=O) groups is 3. The number of carbonyl (C=O) groups excluding carboxylic acids is 3. The van der Waals surface area contributed by atoms with Gasteiger partial charge in [0.05, 0.1) is 24.6 Å². The number of benzene rings is 2. The average Bonchev–Trinajstić information content (AvgIpc) is 3.18. The number of ether oxygens (including phenoxy) is 1. The number of nitrogens with zero attached hydrogens (tertiary/aromatic N) is 1. The first-order valence-electron chi connectivity index (χ1n) is 11.1. The molecule has 0 bridgehead atoms. The van der Waals surface area contributed by atoms with Crippen LogP contribution in [0.15, 0.2) is 48.5 Å². The number of nitrogens with one attached hydrogen (secondary N) is 2. The maximum atomic E-state index is 14.0. The van der Waals surface area contributed by atoms with E-state index < -0.39 is 11.5 Å². The van der Waals surface area contributed by atoms with Crippen molar-refractivity contribution in [2.24, 2.45) is 0 Å². The molecule has 3 aliphatic heterocycles. The van der Waals surface area contributed by atoms with Crippen LogP contribution in [0.1, 0.15) is 55.2 Å². The second kappa shape index (κ2) is 7.97. The third kappa shape index (κ3) is 3.42. The Kier molecular flexibility index (Phi) is 5.12. The van der Waals surface area contributed by atoms with E-state index in [-0.39, 0.29) is 30.2 Å². The number of piperidine rings is 1. The summed E-state index contributed by atoms with van der Waals surface area (Å²) in [6, 6.07) is 14.9. The minimum absolute atomic E-state index is 0.0280. The van der Waals surface area contributed by atoms with Gasteiger partial charge >= 0.3 is 0 Å². The fourth-order valence-electron chi connectivity index (χ4n) is 5.62. The Morgan fingerprint density at radius 2 is 1.84 bits per heavy atom. The minimum atomic E-state index is -0.534. The number of hydrogen-bond acceptors (Lipinski definition) is 4. The zero-order valence-electron chi connectivity index (χ0n) is 18.1. The molecule has 2 fully saturated rings. The summed E-state index contributed by atoms with van der Waals surface area (Å²) in [5, 5.41) is 6.10. The summed E-state index contributed by atoms with van der Waals surface area (Å²) in [5.41, 5.74) is 2.02. The topological polar surface area (TPSA) is 87.7 Å².